The summed E-state index contributed by atoms with van der Waals surface area (Å²) in [6.45, 7) is 1.45. The Balaban J connectivity index is 1.54. The number of carbonyl (C=O) groups excluding carboxylic acids is 3. The first-order valence-electron chi connectivity index (χ1n) is 9.49. The molecular weight excluding hydrogens is 378 g/mol. The zero-order valence-corrected chi connectivity index (χ0v) is 16.3. The largest absolute Gasteiger partial charge is 0.271 e. The molecule has 1 heterocycles. The average Bonchev–Trinajstić information content (AvgIpc) is 2.99. The number of aryl methyl sites for hydroxylation is 1. The van der Waals surface area contributed by atoms with Crippen LogP contribution in [0, 0.1) is 6.92 Å². The molecule has 0 unspecified atom stereocenters. The summed E-state index contributed by atoms with van der Waals surface area (Å²) < 4.78 is 0. The molecule has 4 rings (SSSR count). The first-order valence-corrected chi connectivity index (χ1v) is 9.49. The normalized spacial score (nSPS) is 12.5. The number of imide groups is 1. The molecule has 0 fully saturated rings. The fourth-order valence-corrected chi connectivity index (χ4v) is 3.33. The second kappa shape index (κ2) is 8.13. The monoisotopic (exact) mass is 397 g/mol. The second-order valence-electron chi connectivity index (χ2n) is 6.97. The van der Waals surface area contributed by atoms with Crippen LogP contribution in [0.3, 0.4) is 0 Å². The summed E-state index contributed by atoms with van der Waals surface area (Å²) in [7, 11) is 0. The van der Waals surface area contributed by atoms with Crippen LogP contribution in [0.1, 0.15) is 37.4 Å². The van der Waals surface area contributed by atoms with Gasteiger partial charge in [0.15, 0.2) is 0 Å². The van der Waals surface area contributed by atoms with Gasteiger partial charge in [0.1, 0.15) is 6.54 Å². The van der Waals surface area contributed by atoms with Crippen LogP contribution in [0.5, 0.6) is 0 Å². The van der Waals surface area contributed by atoms with E-state index in [4.69, 9.17) is 0 Å². The fraction of sp³-hybridized carbons (Fsp3) is 0.0833. The Labute approximate surface area is 173 Å². The van der Waals surface area contributed by atoms with Gasteiger partial charge in [-0.25, -0.2) is 5.43 Å². The molecule has 6 nitrogen and oxygen atoms in total. The van der Waals surface area contributed by atoms with Gasteiger partial charge < -0.3 is 0 Å². The van der Waals surface area contributed by atoms with Crippen LogP contribution in [-0.2, 0) is 4.79 Å². The third kappa shape index (κ3) is 3.75. The lowest BCUT2D eigenvalue weighted by Crippen LogP contribution is -2.39. The standard InChI is InChI=1S/C24H19N3O3/c1-16-12-13-19-20(14-16)24(30)27(23(19)29)15-21(28)25-26-22(17-8-4-2-5-9-17)18-10-6-3-7-11-18/h2-14H,15H2,1H3,(H,25,28). The molecule has 30 heavy (non-hydrogen) atoms. The van der Waals surface area contributed by atoms with E-state index in [0.717, 1.165) is 21.6 Å². The van der Waals surface area contributed by atoms with E-state index < -0.39 is 24.3 Å². The molecule has 0 aromatic heterocycles. The molecule has 1 aliphatic rings. The zero-order chi connectivity index (χ0) is 21.1. The van der Waals surface area contributed by atoms with Gasteiger partial charge in [-0.15, -0.1) is 0 Å². The Morgan fingerprint density at radius 2 is 1.40 bits per heavy atom. The van der Waals surface area contributed by atoms with Crippen molar-refractivity contribution in [1.82, 2.24) is 10.3 Å². The molecule has 1 N–H and O–H groups in total. The first kappa shape index (κ1) is 19.3. The summed E-state index contributed by atoms with van der Waals surface area (Å²) in [6.07, 6.45) is 0. The highest BCUT2D eigenvalue weighted by atomic mass is 16.2. The summed E-state index contributed by atoms with van der Waals surface area (Å²) >= 11 is 0. The molecule has 0 saturated carbocycles. The topological polar surface area (TPSA) is 78.8 Å². The predicted molar refractivity (Wildman–Crippen MR) is 113 cm³/mol. The summed E-state index contributed by atoms with van der Waals surface area (Å²) in [6, 6.07) is 24.0. The number of hydrogen-bond donors (Lipinski definition) is 1. The lowest BCUT2D eigenvalue weighted by Gasteiger charge is -2.13. The van der Waals surface area contributed by atoms with Crippen molar-refractivity contribution in [2.24, 2.45) is 5.10 Å². The van der Waals surface area contributed by atoms with Crippen LogP contribution in [0.15, 0.2) is 84.0 Å². The molecule has 0 saturated heterocycles. The van der Waals surface area contributed by atoms with Crippen molar-refractivity contribution >= 4 is 23.4 Å². The number of amides is 3. The Hall–Kier alpha value is -4.06. The van der Waals surface area contributed by atoms with E-state index in [1.54, 1.807) is 18.2 Å². The quantitative estimate of drug-likeness (QED) is 0.408. The van der Waals surface area contributed by atoms with E-state index in [2.05, 4.69) is 10.5 Å². The van der Waals surface area contributed by atoms with Crippen molar-refractivity contribution in [2.45, 2.75) is 6.92 Å². The highest BCUT2D eigenvalue weighted by Crippen LogP contribution is 2.23. The van der Waals surface area contributed by atoms with E-state index in [-0.39, 0.29) is 0 Å². The molecule has 0 atom stereocenters. The number of hydrogen-bond acceptors (Lipinski definition) is 4. The summed E-state index contributed by atoms with van der Waals surface area (Å²) in [5.41, 5.74) is 6.26. The number of benzene rings is 3. The van der Waals surface area contributed by atoms with E-state index in [9.17, 15) is 14.4 Å². The molecule has 3 amide bonds. The molecule has 0 aliphatic carbocycles. The van der Waals surface area contributed by atoms with Gasteiger partial charge in [-0.05, 0) is 19.1 Å². The van der Waals surface area contributed by atoms with Crippen molar-refractivity contribution < 1.29 is 14.4 Å². The van der Waals surface area contributed by atoms with E-state index in [0.29, 0.717) is 16.8 Å². The van der Waals surface area contributed by atoms with Crippen molar-refractivity contribution in [2.75, 3.05) is 6.54 Å². The van der Waals surface area contributed by atoms with Crippen molar-refractivity contribution in [3.05, 3.63) is 107 Å². The molecule has 6 heteroatoms. The Bertz CT molecular complexity index is 1110. The van der Waals surface area contributed by atoms with Crippen LogP contribution in [0.25, 0.3) is 0 Å². The van der Waals surface area contributed by atoms with Crippen LogP contribution >= 0.6 is 0 Å². The Kier molecular flexibility index (Phi) is 5.22. The van der Waals surface area contributed by atoms with Crippen LogP contribution in [-0.4, -0.2) is 34.9 Å². The summed E-state index contributed by atoms with van der Waals surface area (Å²) in [5, 5.41) is 4.29. The molecule has 0 radical (unpaired) electrons. The zero-order valence-electron chi connectivity index (χ0n) is 16.3. The number of fused-ring (bicyclic) bond motifs is 1. The molecule has 1 aliphatic heterocycles. The minimum absolute atomic E-state index is 0.316. The SMILES string of the molecule is Cc1ccc2c(c1)C(=O)N(CC(=O)NN=C(c1ccccc1)c1ccccc1)C2=O. The highest BCUT2D eigenvalue weighted by molar-refractivity contribution is 6.22. The number of nitrogens with zero attached hydrogens (tertiary/aromatic N) is 2. The highest BCUT2D eigenvalue weighted by Gasteiger charge is 2.36. The average molecular weight is 397 g/mol. The lowest BCUT2D eigenvalue weighted by atomic mass is 10.0. The third-order valence-corrected chi connectivity index (χ3v) is 4.81. The first-order chi connectivity index (χ1) is 14.5. The van der Waals surface area contributed by atoms with Crippen LogP contribution < -0.4 is 5.43 Å². The van der Waals surface area contributed by atoms with Gasteiger partial charge in [0.05, 0.1) is 16.8 Å². The molecule has 0 spiro atoms. The number of carbonyl (C=O) groups is 3. The number of nitrogens with one attached hydrogen (secondary N) is 1. The van der Waals surface area contributed by atoms with Gasteiger partial charge >= 0.3 is 0 Å². The maximum absolute atomic E-state index is 12.6. The van der Waals surface area contributed by atoms with E-state index in [1.807, 2.05) is 67.6 Å². The van der Waals surface area contributed by atoms with Gasteiger partial charge in [0.25, 0.3) is 17.7 Å². The van der Waals surface area contributed by atoms with Gasteiger partial charge in [-0.3, -0.25) is 19.3 Å². The Morgan fingerprint density at radius 3 is 2.00 bits per heavy atom. The van der Waals surface area contributed by atoms with E-state index in [1.165, 1.54) is 0 Å². The van der Waals surface area contributed by atoms with Gasteiger partial charge in [0.2, 0.25) is 0 Å². The van der Waals surface area contributed by atoms with Gasteiger partial charge in [-0.2, -0.15) is 5.10 Å². The minimum atomic E-state index is -0.550. The number of rotatable bonds is 5. The maximum atomic E-state index is 12.6. The minimum Gasteiger partial charge on any atom is -0.271 e. The number of hydrazone groups is 1. The maximum Gasteiger partial charge on any atom is 0.262 e. The van der Waals surface area contributed by atoms with Crippen molar-refractivity contribution in [3.8, 4) is 0 Å². The van der Waals surface area contributed by atoms with Crippen LogP contribution in [0.2, 0.25) is 0 Å². The van der Waals surface area contributed by atoms with Crippen molar-refractivity contribution in [1.29, 1.82) is 0 Å². The Morgan fingerprint density at radius 1 is 0.833 bits per heavy atom. The molecule has 148 valence electrons. The molecular formula is C24H19N3O3. The molecule has 3 aromatic carbocycles. The smallest absolute Gasteiger partial charge is 0.262 e. The summed E-state index contributed by atoms with van der Waals surface area (Å²) in [5.74, 6) is -1.49. The van der Waals surface area contributed by atoms with E-state index >= 15 is 0 Å². The molecule has 3 aromatic rings. The predicted octanol–water partition coefficient (Wildman–Crippen LogP) is 3.16. The van der Waals surface area contributed by atoms with Gasteiger partial charge in [0, 0.05) is 11.1 Å². The third-order valence-electron chi connectivity index (χ3n) is 4.81. The fourth-order valence-electron chi connectivity index (χ4n) is 3.33. The second-order valence-corrected chi connectivity index (χ2v) is 6.97. The van der Waals surface area contributed by atoms with Crippen LogP contribution in [0.4, 0.5) is 0 Å². The van der Waals surface area contributed by atoms with Crippen molar-refractivity contribution in [3.63, 3.8) is 0 Å². The molecule has 0 bridgehead atoms. The summed E-state index contributed by atoms with van der Waals surface area (Å²) in [4.78, 5) is 38.5. The lowest BCUT2D eigenvalue weighted by molar-refractivity contribution is -0.121. The van der Waals surface area contributed by atoms with Gasteiger partial charge in [-0.1, -0.05) is 72.3 Å².